The van der Waals surface area contributed by atoms with Gasteiger partial charge in [-0.1, -0.05) is 0 Å². The number of fused-ring (bicyclic) bond motifs is 1. The van der Waals surface area contributed by atoms with Gasteiger partial charge in [0.1, 0.15) is 0 Å². The van der Waals surface area contributed by atoms with Gasteiger partial charge >= 0.3 is 0 Å². The predicted octanol–water partition coefficient (Wildman–Crippen LogP) is 1.86. The molecule has 1 aliphatic rings. The van der Waals surface area contributed by atoms with E-state index in [0.717, 1.165) is 34.1 Å². The van der Waals surface area contributed by atoms with Crippen LogP contribution in [0.25, 0.3) is 0 Å². The van der Waals surface area contributed by atoms with Crippen molar-refractivity contribution in [2.75, 3.05) is 0 Å². The Morgan fingerprint density at radius 3 is 2.92 bits per heavy atom. The lowest BCUT2D eigenvalue weighted by atomic mass is 9.96. The van der Waals surface area contributed by atoms with E-state index in [4.69, 9.17) is 0 Å². The smallest absolute Gasteiger partial charge is 0.198 e. The average molecular weight is 275 g/mol. The molecule has 0 aromatic carbocycles. The van der Waals surface area contributed by atoms with E-state index in [1.54, 1.807) is 0 Å². The highest BCUT2D eigenvalue weighted by molar-refractivity contribution is 14.1. The first-order valence-electron chi connectivity index (χ1n) is 4.18. The van der Waals surface area contributed by atoms with Crippen LogP contribution in [0.1, 0.15) is 24.1 Å². The summed E-state index contributed by atoms with van der Waals surface area (Å²) in [5.41, 5.74) is 2.42. The lowest BCUT2D eigenvalue weighted by molar-refractivity contribution is 0.662. The minimum Gasteiger partial charge on any atom is -0.364 e. The zero-order chi connectivity index (χ0) is 8.55. The topological polar surface area (TPSA) is 32.9 Å². The molecule has 2 nitrogen and oxygen atoms in total. The first-order chi connectivity index (χ1) is 5.79. The maximum Gasteiger partial charge on any atom is 0.198 e. The molecule has 0 spiro atoms. The largest absolute Gasteiger partial charge is 0.364 e. The Morgan fingerprint density at radius 1 is 1.33 bits per heavy atom. The highest BCUT2D eigenvalue weighted by Gasteiger charge is 2.13. The quantitative estimate of drug-likeness (QED) is 0.720. The van der Waals surface area contributed by atoms with E-state index in [2.05, 4.69) is 27.6 Å². The number of rotatable bonds is 0. The summed E-state index contributed by atoms with van der Waals surface area (Å²) in [5, 5.41) is 0. The third-order valence-corrected chi connectivity index (χ3v) is 3.13. The highest BCUT2D eigenvalue weighted by atomic mass is 127. The van der Waals surface area contributed by atoms with E-state index in [1.165, 1.54) is 6.42 Å². The van der Waals surface area contributed by atoms with E-state index in [-0.39, 0.29) is 5.43 Å². The lowest BCUT2D eigenvalue weighted by Crippen LogP contribution is -2.19. The Morgan fingerprint density at radius 2 is 2.08 bits per heavy atom. The van der Waals surface area contributed by atoms with Gasteiger partial charge in [0.2, 0.25) is 0 Å². The lowest BCUT2D eigenvalue weighted by Gasteiger charge is -2.14. The van der Waals surface area contributed by atoms with Gasteiger partial charge in [-0.05, 0) is 48.3 Å². The van der Waals surface area contributed by atoms with Gasteiger partial charge in [0.05, 0.1) is 3.57 Å². The van der Waals surface area contributed by atoms with Crippen molar-refractivity contribution in [2.45, 2.75) is 25.7 Å². The summed E-state index contributed by atoms with van der Waals surface area (Å²) in [6.45, 7) is 0. The molecular weight excluding hydrogens is 265 g/mol. The summed E-state index contributed by atoms with van der Waals surface area (Å²) in [6.07, 6.45) is 6.19. The average Bonchev–Trinajstić information content (AvgIpc) is 2.12. The number of aryl methyl sites for hydroxylation is 1. The Hall–Kier alpha value is -0.320. The summed E-state index contributed by atoms with van der Waals surface area (Å²) in [4.78, 5) is 14.8. The Labute approximate surface area is 84.5 Å². The van der Waals surface area contributed by atoms with Crippen LogP contribution in [0, 0.1) is 3.57 Å². The zero-order valence-corrected chi connectivity index (χ0v) is 8.85. The molecule has 1 aromatic rings. The van der Waals surface area contributed by atoms with E-state index in [1.807, 2.05) is 6.20 Å². The van der Waals surface area contributed by atoms with Crippen molar-refractivity contribution >= 4 is 22.6 Å². The molecule has 0 radical (unpaired) electrons. The second kappa shape index (κ2) is 3.20. The molecule has 0 fully saturated rings. The molecule has 0 unspecified atom stereocenters. The molecule has 1 aromatic heterocycles. The summed E-state index contributed by atoms with van der Waals surface area (Å²) in [7, 11) is 0. The Balaban J connectivity index is 2.62. The van der Waals surface area contributed by atoms with Crippen molar-refractivity contribution in [3.63, 3.8) is 0 Å². The van der Waals surface area contributed by atoms with Crippen LogP contribution in [0.3, 0.4) is 0 Å². The van der Waals surface area contributed by atoms with Crippen LogP contribution in [0.4, 0.5) is 0 Å². The van der Waals surface area contributed by atoms with Crippen molar-refractivity contribution < 1.29 is 0 Å². The zero-order valence-electron chi connectivity index (χ0n) is 6.69. The number of nitrogens with one attached hydrogen (secondary N) is 1. The van der Waals surface area contributed by atoms with Crippen molar-refractivity contribution in [3.05, 3.63) is 31.2 Å². The first kappa shape index (κ1) is 8.29. The standard InChI is InChI=1S/C9H10INO/c10-7-5-11-8-4-2-1-3-6(8)9(7)12/h5H,1-4H2,(H,11,12). The van der Waals surface area contributed by atoms with Crippen LogP contribution >= 0.6 is 22.6 Å². The second-order valence-electron chi connectivity index (χ2n) is 3.13. The first-order valence-corrected chi connectivity index (χ1v) is 5.26. The van der Waals surface area contributed by atoms with Crippen LogP contribution in [0.15, 0.2) is 11.0 Å². The number of hydrogen-bond donors (Lipinski definition) is 1. The molecule has 0 atom stereocenters. The maximum absolute atomic E-state index is 11.6. The van der Waals surface area contributed by atoms with E-state index < -0.39 is 0 Å². The molecule has 0 aliphatic heterocycles. The number of halogens is 1. The third-order valence-electron chi connectivity index (χ3n) is 2.33. The van der Waals surface area contributed by atoms with Crippen LogP contribution in [0.5, 0.6) is 0 Å². The number of pyridine rings is 1. The van der Waals surface area contributed by atoms with Crippen LogP contribution in [0.2, 0.25) is 0 Å². The minimum absolute atomic E-state index is 0.240. The fraction of sp³-hybridized carbons (Fsp3) is 0.444. The van der Waals surface area contributed by atoms with Crippen LogP contribution in [-0.2, 0) is 12.8 Å². The Bertz CT molecular complexity index is 356. The molecule has 2 rings (SSSR count). The number of hydrogen-bond acceptors (Lipinski definition) is 1. The monoisotopic (exact) mass is 275 g/mol. The summed E-state index contributed by atoms with van der Waals surface area (Å²) < 4.78 is 0.813. The SMILES string of the molecule is O=c1c(I)c[nH]c2c1CCCC2. The molecular formula is C9H10INO. The molecule has 64 valence electrons. The van der Waals surface area contributed by atoms with Crippen molar-refractivity contribution in [2.24, 2.45) is 0 Å². The third kappa shape index (κ3) is 1.30. The number of aromatic amines is 1. The minimum atomic E-state index is 0.240. The van der Waals surface area contributed by atoms with Gasteiger partial charge in [-0.3, -0.25) is 4.79 Å². The fourth-order valence-corrected chi connectivity index (χ4v) is 2.16. The molecule has 0 saturated carbocycles. The van der Waals surface area contributed by atoms with Gasteiger partial charge < -0.3 is 4.98 Å². The molecule has 3 heteroatoms. The van der Waals surface area contributed by atoms with Crippen LogP contribution < -0.4 is 5.43 Å². The molecule has 0 amide bonds. The summed E-state index contributed by atoms with van der Waals surface area (Å²) >= 11 is 2.09. The van der Waals surface area contributed by atoms with Gasteiger partial charge in [-0.25, -0.2) is 0 Å². The molecule has 1 heterocycles. The van der Waals surface area contributed by atoms with Crippen molar-refractivity contribution in [3.8, 4) is 0 Å². The summed E-state index contributed by atoms with van der Waals surface area (Å²) in [6, 6.07) is 0. The number of aromatic nitrogens is 1. The molecule has 1 aliphatic carbocycles. The van der Waals surface area contributed by atoms with Gasteiger partial charge in [-0.15, -0.1) is 0 Å². The van der Waals surface area contributed by atoms with E-state index in [9.17, 15) is 4.79 Å². The van der Waals surface area contributed by atoms with Crippen molar-refractivity contribution in [1.82, 2.24) is 4.98 Å². The van der Waals surface area contributed by atoms with E-state index in [0.29, 0.717) is 0 Å². The van der Waals surface area contributed by atoms with E-state index >= 15 is 0 Å². The van der Waals surface area contributed by atoms with Gasteiger partial charge in [0.25, 0.3) is 0 Å². The molecule has 1 N–H and O–H groups in total. The summed E-state index contributed by atoms with van der Waals surface area (Å²) in [5.74, 6) is 0. The molecule has 0 saturated heterocycles. The number of H-pyrrole nitrogens is 1. The van der Waals surface area contributed by atoms with Crippen LogP contribution in [-0.4, -0.2) is 4.98 Å². The fourth-order valence-electron chi connectivity index (χ4n) is 1.68. The maximum atomic E-state index is 11.6. The second-order valence-corrected chi connectivity index (χ2v) is 4.29. The Kier molecular flexibility index (Phi) is 2.21. The molecule has 12 heavy (non-hydrogen) atoms. The normalized spacial score (nSPS) is 15.8. The highest BCUT2D eigenvalue weighted by Crippen LogP contribution is 2.16. The molecule has 0 bridgehead atoms. The van der Waals surface area contributed by atoms with Gasteiger partial charge in [0.15, 0.2) is 5.43 Å². The van der Waals surface area contributed by atoms with Crippen molar-refractivity contribution in [1.29, 1.82) is 0 Å². The van der Waals surface area contributed by atoms with Gasteiger partial charge in [-0.2, -0.15) is 0 Å². The predicted molar refractivity (Wildman–Crippen MR) is 56.4 cm³/mol. The van der Waals surface area contributed by atoms with Gasteiger partial charge in [0, 0.05) is 17.5 Å².